The third-order valence-corrected chi connectivity index (χ3v) is 7.29. The zero-order valence-corrected chi connectivity index (χ0v) is 21.9. The van der Waals surface area contributed by atoms with Crippen molar-refractivity contribution in [2.24, 2.45) is 11.8 Å². The Kier molecular flexibility index (Phi) is 16.5. The lowest BCUT2D eigenvalue weighted by Gasteiger charge is -2.19. The molecule has 0 saturated carbocycles. The number of hydrogen-bond donors (Lipinski definition) is 2. The second-order valence-electron chi connectivity index (χ2n) is 10.2. The van der Waals surface area contributed by atoms with E-state index in [2.05, 4.69) is 27.7 Å². The first-order valence-electron chi connectivity index (χ1n) is 14.1. The molecule has 1 rings (SSSR count). The van der Waals surface area contributed by atoms with Crippen LogP contribution >= 0.6 is 0 Å². The van der Waals surface area contributed by atoms with Gasteiger partial charge in [-0.3, -0.25) is 0 Å². The van der Waals surface area contributed by atoms with E-state index in [9.17, 15) is 10.2 Å². The molecule has 0 fully saturated rings. The van der Waals surface area contributed by atoms with E-state index in [-0.39, 0.29) is 0 Å². The predicted molar refractivity (Wildman–Crippen MR) is 141 cm³/mol. The van der Waals surface area contributed by atoms with E-state index in [1.165, 1.54) is 89.9 Å². The van der Waals surface area contributed by atoms with Crippen LogP contribution in [-0.4, -0.2) is 10.2 Å². The Morgan fingerprint density at radius 1 is 0.500 bits per heavy atom. The number of rotatable bonds is 20. The molecule has 0 aliphatic heterocycles. The van der Waals surface area contributed by atoms with Gasteiger partial charge in [0.2, 0.25) is 0 Å². The monoisotopic (exact) mass is 446 g/mol. The van der Waals surface area contributed by atoms with E-state index >= 15 is 0 Å². The van der Waals surface area contributed by atoms with Crippen LogP contribution in [0, 0.1) is 11.8 Å². The van der Waals surface area contributed by atoms with Crippen LogP contribution in [0.1, 0.15) is 142 Å². The molecule has 0 saturated heterocycles. The van der Waals surface area contributed by atoms with Crippen LogP contribution in [0.2, 0.25) is 0 Å². The molecule has 0 bridgehead atoms. The van der Waals surface area contributed by atoms with Gasteiger partial charge in [0.25, 0.3) is 0 Å². The van der Waals surface area contributed by atoms with Gasteiger partial charge in [-0.25, -0.2) is 0 Å². The summed E-state index contributed by atoms with van der Waals surface area (Å²) in [6, 6.07) is 3.71. The number of unbranched alkanes of at least 4 members (excludes halogenated alkanes) is 6. The fraction of sp³-hybridized carbons (Fsp3) is 0.800. The number of phenolic OH excluding ortho intramolecular Hbond substituents is 2. The number of aromatic hydroxyl groups is 2. The first kappa shape index (κ1) is 28.9. The summed E-state index contributed by atoms with van der Waals surface area (Å²) in [7, 11) is 0. The topological polar surface area (TPSA) is 40.5 Å². The van der Waals surface area contributed by atoms with Crippen molar-refractivity contribution < 1.29 is 10.2 Å². The van der Waals surface area contributed by atoms with Gasteiger partial charge in [-0.15, -0.1) is 0 Å². The molecule has 0 aliphatic rings. The third-order valence-electron chi connectivity index (χ3n) is 7.29. The van der Waals surface area contributed by atoms with E-state index in [4.69, 9.17) is 0 Å². The van der Waals surface area contributed by atoms with Crippen molar-refractivity contribution >= 4 is 0 Å². The molecule has 186 valence electrons. The zero-order valence-electron chi connectivity index (χ0n) is 21.9. The van der Waals surface area contributed by atoms with Gasteiger partial charge in [-0.1, -0.05) is 118 Å². The lowest BCUT2D eigenvalue weighted by molar-refractivity contribution is 0.381. The van der Waals surface area contributed by atoms with Crippen molar-refractivity contribution in [2.45, 2.75) is 143 Å². The molecule has 2 atom stereocenters. The first-order chi connectivity index (χ1) is 15.5. The van der Waals surface area contributed by atoms with Gasteiger partial charge in [-0.05, 0) is 60.8 Å². The maximum absolute atomic E-state index is 10.7. The molecule has 0 radical (unpaired) electrons. The van der Waals surface area contributed by atoms with E-state index in [1.54, 1.807) is 0 Å². The average Bonchev–Trinajstić information content (AvgIpc) is 2.79. The summed E-state index contributed by atoms with van der Waals surface area (Å²) in [5.41, 5.74) is 1.85. The van der Waals surface area contributed by atoms with Gasteiger partial charge in [0.15, 0.2) is 0 Å². The number of phenols is 2. The molecule has 0 aromatic heterocycles. The number of aryl methyl sites for hydroxylation is 2. The fourth-order valence-electron chi connectivity index (χ4n) is 5.00. The van der Waals surface area contributed by atoms with Crippen LogP contribution in [0.5, 0.6) is 11.5 Å². The van der Waals surface area contributed by atoms with Crippen LogP contribution in [0.25, 0.3) is 0 Å². The summed E-state index contributed by atoms with van der Waals surface area (Å²) in [5, 5.41) is 21.4. The summed E-state index contributed by atoms with van der Waals surface area (Å²) >= 11 is 0. The molecule has 2 heteroatoms. The van der Waals surface area contributed by atoms with E-state index in [0.717, 1.165) is 48.6 Å². The van der Waals surface area contributed by atoms with Gasteiger partial charge in [0.1, 0.15) is 11.5 Å². The Bertz CT molecular complexity index is 529. The lowest BCUT2D eigenvalue weighted by Crippen LogP contribution is -2.05. The minimum atomic E-state index is 0.386. The molecule has 2 nitrogen and oxygen atoms in total. The quantitative estimate of drug-likeness (QED) is 0.154. The van der Waals surface area contributed by atoms with Crippen LogP contribution in [-0.2, 0) is 12.8 Å². The smallest absolute Gasteiger partial charge is 0.119 e. The number of hydrogen-bond acceptors (Lipinski definition) is 2. The molecule has 2 unspecified atom stereocenters. The van der Waals surface area contributed by atoms with Gasteiger partial charge >= 0.3 is 0 Å². The highest BCUT2D eigenvalue weighted by Gasteiger charge is 2.15. The Morgan fingerprint density at radius 2 is 0.844 bits per heavy atom. The van der Waals surface area contributed by atoms with E-state index < -0.39 is 0 Å². The molecule has 0 spiro atoms. The highest BCUT2D eigenvalue weighted by molar-refractivity contribution is 5.45. The molecule has 0 aliphatic carbocycles. The fourth-order valence-corrected chi connectivity index (χ4v) is 5.00. The summed E-state index contributed by atoms with van der Waals surface area (Å²) in [6.07, 6.45) is 22.1. The minimum Gasteiger partial charge on any atom is -0.508 e. The zero-order chi connectivity index (χ0) is 23.6. The molecule has 1 aromatic rings. The predicted octanol–water partition coefficient (Wildman–Crippen LogP) is 9.74. The normalized spacial score (nSPS) is 13.4. The van der Waals surface area contributed by atoms with Gasteiger partial charge in [-0.2, -0.15) is 0 Å². The Labute approximate surface area is 200 Å². The van der Waals surface area contributed by atoms with Crippen molar-refractivity contribution in [3.8, 4) is 11.5 Å². The summed E-state index contributed by atoms with van der Waals surface area (Å²) in [5.74, 6) is 2.25. The van der Waals surface area contributed by atoms with Crippen molar-refractivity contribution in [1.82, 2.24) is 0 Å². The summed E-state index contributed by atoms with van der Waals surface area (Å²) in [4.78, 5) is 0. The lowest BCUT2D eigenvalue weighted by atomic mass is 9.88. The second kappa shape index (κ2) is 18.3. The summed E-state index contributed by atoms with van der Waals surface area (Å²) < 4.78 is 0. The first-order valence-corrected chi connectivity index (χ1v) is 14.1. The molecule has 1 aromatic carbocycles. The van der Waals surface area contributed by atoms with Crippen molar-refractivity contribution in [3.63, 3.8) is 0 Å². The van der Waals surface area contributed by atoms with Crippen molar-refractivity contribution in [2.75, 3.05) is 0 Å². The van der Waals surface area contributed by atoms with Crippen LogP contribution < -0.4 is 0 Å². The van der Waals surface area contributed by atoms with E-state index in [0.29, 0.717) is 11.5 Å². The van der Waals surface area contributed by atoms with Crippen LogP contribution in [0.3, 0.4) is 0 Å². The standard InChI is InChI=1S/C30H54O2/c1-5-9-13-17-25(15-11-7-3)19-21-27-23-30(32)28(24-29(27)31)22-20-26(16-12-8-4)18-14-10-6-2/h23-26,31-32H,5-22H2,1-4H3. The maximum Gasteiger partial charge on any atom is 0.119 e. The van der Waals surface area contributed by atoms with Crippen LogP contribution in [0.15, 0.2) is 12.1 Å². The molecule has 0 heterocycles. The highest BCUT2D eigenvalue weighted by atomic mass is 16.3. The van der Waals surface area contributed by atoms with Gasteiger partial charge in [0, 0.05) is 0 Å². The molecular weight excluding hydrogens is 392 g/mol. The summed E-state index contributed by atoms with van der Waals surface area (Å²) in [6.45, 7) is 9.06. The Morgan fingerprint density at radius 3 is 1.19 bits per heavy atom. The van der Waals surface area contributed by atoms with Gasteiger partial charge < -0.3 is 10.2 Å². The largest absolute Gasteiger partial charge is 0.508 e. The average molecular weight is 447 g/mol. The van der Waals surface area contributed by atoms with Gasteiger partial charge in [0.05, 0.1) is 0 Å². The van der Waals surface area contributed by atoms with E-state index in [1.807, 2.05) is 12.1 Å². The second-order valence-corrected chi connectivity index (χ2v) is 10.2. The van der Waals surface area contributed by atoms with Crippen molar-refractivity contribution in [1.29, 1.82) is 0 Å². The molecular formula is C30H54O2. The minimum absolute atomic E-state index is 0.386. The third kappa shape index (κ3) is 12.2. The van der Waals surface area contributed by atoms with Crippen LogP contribution in [0.4, 0.5) is 0 Å². The molecule has 0 amide bonds. The number of benzene rings is 1. The highest BCUT2D eigenvalue weighted by Crippen LogP contribution is 2.33. The Hall–Kier alpha value is -1.18. The maximum atomic E-state index is 10.7. The molecule has 32 heavy (non-hydrogen) atoms. The van der Waals surface area contributed by atoms with Crippen molar-refractivity contribution in [3.05, 3.63) is 23.3 Å². The SMILES string of the molecule is CCCCCC(CCCC)CCc1cc(O)c(CCC(CCCC)CCCCC)cc1O. The molecule has 2 N–H and O–H groups in total. The Balaban J connectivity index is 2.67.